The highest BCUT2D eigenvalue weighted by Crippen LogP contribution is 2.42. The molecule has 3 saturated heterocycles. The fourth-order valence-corrected chi connectivity index (χ4v) is 2.34. The number of aliphatic hydroxyl groups excluding tert-OH is 1. The molecule has 0 amide bonds. The Labute approximate surface area is 81.9 Å². The molecule has 5 heteroatoms. The Hall–Kier alpha value is -0.200. The molecule has 3 heterocycles. The molecule has 3 aliphatic rings. The first-order valence-corrected chi connectivity index (χ1v) is 4.90. The smallest absolute Gasteiger partial charge is 0.190 e. The van der Waals surface area contributed by atoms with Gasteiger partial charge in [0.05, 0.1) is 6.10 Å². The Morgan fingerprint density at radius 1 is 1.14 bits per heavy atom. The number of fused-ring (bicyclic) bond motifs is 3. The molecule has 0 bridgehead atoms. The van der Waals surface area contributed by atoms with Crippen LogP contribution < -0.4 is 0 Å². The van der Waals surface area contributed by atoms with Crippen molar-refractivity contribution in [1.29, 1.82) is 0 Å². The van der Waals surface area contributed by atoms with Crippen molar-refractivity contribution >= 4 is 0 Å². The predicted octanol–water partition coefficient (Wildman–Crippen LogP) is -0.0299. The molecular formula is C9H14O5. The minimum atomic E-state index is -0.724. The van der Waals surface area contributed by atoms with Gasteiger partial charge in [-0.3, -0.25) is 0 Å². The van der Waals surface area contributed by atoms with Gasteiger partial charge in [-0.15, -0.1) is 0 Å². The zero-order valence-electron chi connectivity index (χ0n) is 8.17. The van der Waals surface area contributed by atoms with E-state index in [4.69, 9.17) is 18.9 Å². The third-order valence-corrected chi connectivity index (χ3v) is 2.84. The molecule has 3 aliphatic heterocycles. The van der Waals surface area contributed by atoms with Crippen molar-refractivity contribution in [3.8, 4) is 0 Å². The van der Waals surface area contributed by atoms with Gasteiger partial charge in [-0.2, -0.15) is 0 Å². The normalized spacial score (nSPS) is 54.6. The molecule has 1 N–H and O–H groups in total. The lowest BCUT2D eigenvalue weighted by Gasteiger charge is -2.20. The van der Waals surface area contributed by atoms with Crippen LogP contribution in [0.4, 0.5) is 0 Å². The average Bonchev–Trinajstić information content (AvgIpc) is 2.58. The van der Waals surface area contributed by atoms with Gasteiger partial charge in [0.1, 0.15) is 12.2 Å². The van der Waals surface area contributed by atoms with Gasteiger partial charge in [0, 0.05) is 6.42 Å². The predicted molar refractivity (Wildman–Crippen MR) is 44.2 cm³/mol. The first-order chi connectivity index (χ1) is 6.55. The van der Waals surface area contributed by atoms with Crippen LogP contribution in [0.1, 0.15) is 20.3 Å². The Balaban J connectivity index is 1.78. The second kappa shape index (κ2) is 2.68. The van der Waals surface area contributed by atoms with E-state index in [1.807, 2.05) is 13.8 Å². The zero-order chi connectivity index (χ0) is 9.92. The quantitative estimate of drug-likeness (QED) is 0.597. The molecule has 0 radical (unpaired) electrons. The Bertz CT molecular complexity index is 254. The maximum Gasteiger partial charge on any atom is 0.190 e. The van der Waals surface area contributed by atoms with Crippen molar-refractivity contribution in [3.05, 3.63) is 0 Å². The highest BCUT2D eigenvalue weighted by Gasteiger charge is 2.58. The van der Waals surface area contributed by atoms with Crippen LogP contribution in [0.15, 0.2) is 0 Å². The molecule has 0 aliphatic carbocycles. The highest BCUT2D eigenvalue weighted by molar-refractivity contribution is 4.97. The van der Waals surface area contributed by atoms with Crippen molar-refractivity contribution in [1.82, 2.24) is 0 Å². The second-order valence-corrected chi connectivity index (χ2v) is 4.43. The third kappa shape index (κ3) is 1.20. The first kappa shape index (κ1) is 9.06. The van der Waals surface area contributed by atoms with Crippen molar-refractivity contribution in [2.75, 3.05) is 0 Å². The number of hydrogen-bond donors (Lipinski definition) is 1. The monoisotopic (exact) mass is 202 g/mol. The molecule has 14 heavy (non-hydrogen) atoms. The van der Waals surface area contributed by atoms with Gasteiger partial charge in [-0.25, -0.2) is 0 Å². The fourth-order valence-electron chi connectivity index (χ4n) is 2.34. The van der Waals surface area contributed by atoms with E-state index in [0.29, 0.717) is 6.42 Å². The third-order valence-electron chi connectivity index (χ3n) is 2.84. The minimum Gasteiger partial charge on any atom is -0.368 e. The number of rotatable bonds is 0. The summed E-state index contributed by atoms with van der Waals surface area (Å²) in [6.45, 7) is 3.68. The molecule has 3 rings (SSSR count). The Morgan fingerprint density at radius 3 is 2.71 bits per heavy atom. The summed E-state index contributed by atoms with van der Waals surface area (Å²) in [6, 6.07) is 0. The molecule has 0 saturated carbocycles. The van der Waals surface area contributed by atoms with E-state index >= 15 is 0 Å². The molecule has 0 aromatic rings. The molecule has 0 aromatic carbocycles. The maximum atomic E-state index is 9.29. The molecule has 80 valence electrons. The summed E-state index contributed by atoms with van der Waals surface area (Å²) < 4.78 is 22.1. The number of aliphatic hydroxyl groups is 1. The lowest BCUT2D eigenvalue weighted by Crippen LogP contribution is -2.32. The van der Waals surface area contributed by atoms with E-state index < -0.39 is 12.1 Å². The maximum absolute atomic E-state index is 9.29. The molecular weight excluding hydrogens is 188 g/mol. The van der Waals surface area contributed by atoms with Crippen molar-refractivity contribution < 1.29 is 24.1 Å². The van der Waals surface area contributed by atoms with Crippen molar-refractivity contribution in [2.24, 2.45) is 0 Å². The van der Waals surface area contributed by atoms with Crippen LogP contribution in [-0.4, -0.2) is 41.8 Å². The van der Waals surface area contributed by atoms with E-state index in [1.165, 1.54) is 0 Å². The summed E-state index contributed by atoms with van der Waals surface area (Å²) in [5.41, 5.74) is 0. The largest absolute Gasteiger partial charge is 0.368 e. The van der Waals surface area contributed by atoms with Gasteiger partial charge in [0.15, 0.2) is 18.4 Å². The summed E-state index contributed by atoms with van der Waals surface area (Å²) in [4.78, 5) is 0. The van der Waals surface area contributed by atoms with E-state index in [9.17, 15) is 5.11 Å². The van der Waals surface area contributed by atoms with Gasteiger partial charge < -0.3 is 24.1 Å². The van der Waals surface area contributed by atoms with Crippen LogP contribution in [0.25, 0.3) is 0 Å². The van der Waals surface area contributed by atoms with Gasteiger partial charge in [0.2, 0.25) is 0 Å². The Kier molecular flexibility index (Phi) is 1.73. The van der Waals surface area contributed by atoms with Gasteiger partial charge in [0.25, 0.3) is 0 Å². The topological polar surface area (TPSA) is 57.2 Å². The van der Waals surface area contributed by atoms with Crippen LogP contribution in [0, 0.1) is 0 Å². The molecule has 3 fully saturated rings. The van der Waals surface area contributed by atoms with Gasteiger partial charge in [-0.1, -0.05) is 0 Å². The fraction of sp³-hybridized carbons (Fsp3) is 1.00. The van der Waals surface area contributed by atoms with Gasteiger partial charge in [-0.05, 0) is 13.8 Å². The van der Waals surface area contributed by atoms with Crippen molar-refractivity contribution in [3.63, 3.8) is 0 Å². The van der Waals surface area contributed by atoms with Crippen LogP contribution >= 0.6 is 0 Å². The second-order valence-electron chi connectivity index (χ2n) is 4.43. The highest BCUT2D eigenvalue weighted by atomic mass is 16.8. The first-order valence-electron chi connectivity index (χ1n) is 4.90. The van der Waals surface area contributed by atoms with Crippen molar-refractivity contribution in [2.45, 2.75) is 56.9 Å². The van der Waals surface area contributed by atoms with Gasteiger partial charge >= 0.3 is 0 Å². The lowest BCUT2D eigenvalue weighted by molar-refractivity contribution is -0.210. The Morgan fingerprint density at radius 2 is 1.93 bits per heavy atom. The summed E-state index contributed by atoms with van der Waals surface area (Å²) in [7, 11) is 0. The van der Waals surface area contributed by atoms with E-state index in [0.717, 1.165) is 0 Å². The number of hydrogen-bond acceptors (Lipinski definition) is 5. The molecule has 5 nitrogen and oxygen atoms in total. The summed E-state index contributed by atoms with van der Waals surface area (Å²) in [6.07, 6.45) is -1.03. The van der Waals surface area contributed by atoms with Crippen LogP contribution in [-0.2, 0) is 18.9 Å². The van der Waals surface area contributed by atoms with Crippen LogP contribution in [0.5, 0.6) is 0 Å². The summed E-state index contributed by atoms with van der Waals surface area (Å²) in [5.74, 6) is -0.614. The lowest BCUT2D eigenvalue weighted by atomic mass is 10.1. The SMILES string of the molecule is CC1(C)OC2OC3CC(O)OC3C2O1. The van der Waals surface area contributed by atoms with E-state index in [1.54, 1.807) is 0 Å². The molecule has 5 unspecified atom stereocenters. The molecule has 0 aromatic heterocycles. The average molecular weight is 202 g/mol. The van der Waals surface area contributed by atoms with Crippen LogP contribution in [0.2, 0.25) is 0 Å². The molecule has 5 atom stereocenters. The number of ether oxygens (including phenoxy) is 4. The van der Waals surface area contributed by atoms with E-state index in [2.05, 4.69) is 0 Å². The summed E-state index contributed by atoms with van der Waals surface area (Å²) >= 11 is 0. The molecule has 0 spiro atoms. The van der Waals surface area contributed by atoms with Crippen LogP contribution in [0.3, 0.4) is 0 Å². The summed E-state index contributed by atoms with van der Waals surface area (Å²) in [5, 5.41) is 9.29. The standard InChI is InChI=1S/C9H14O5/c1-9(2)13-7-6-4(3-5(10)12-6)11-8(7)14-9/h4-8,10H,3H2,1-2H3. The minimum absolute atomic E-state index is 0.0869. The zero-order valence-corrected chi connectivity index (χ0v) is 8.17. The van der Waals surface area contributed by atoms with E-state index in [-0.39, 0.29) is 24.6 Å².